The minimum atomic E-state index is -0.437. The zero-order valence-electron chi connectivity index (χ0n) is 11.7. The number of methoxy groups -OCH3 is 1. The highest BCUT2D eigenvalue weighted by atomic mass is 19.1. The molecule has 0 aliphatic carbocycles. The minimum Gasteiger partial charge on any atom is -0.497 e. The molecule has 0 radical (unpaired) electrons. The maximum absolute atomic E-state index is 13.2. The van der Waals surface area contributed by atoms with Crippen molar-refractivity contribution in [1.29, 1.82) is 0 Å². The molecule has 0 saturated heterocycles. The van der Waals surface area contributed by atoms with Crippen LogP contribution in [0.25, 0.3) is 0 Å². The smallest absolute Gasteiger partial charge is 0.127 e. The molecule has 5 heteroatoms. The predicted octanol–water partition coefficient (Wildman–Crippen LogP) is 2.78. The maximum Gasteiger partial charge on any atom is 0.127 e. The van der Waals surface area contributed by atoms with E-state index in [1.165, 1.54) is 12.1 Å². The van der Waals surface area contributed by atoms with Crippen LogP contribution in [0, 0.1) is 5.82 Å². The molecule has 0 saturated carbocycles. The van der Waals surface area contributed by atoms with Crippen molar-refractivity contribution in [3.05, 3.63) is 53.8 Å². The van der Waals surface area contributed by atoms with Crippen LogP contribution in [0.3, 0.4) is 0 Å². The molecule has 21 heavy (non-hydrogen) atoms. The van der Waals surface area contributed by atoms with Crippen LogP contribution in [0.15, 0.2) is 42.5 Å². The van der Waals surface area contributed by atoms with Gasteiger partial charge in [0, 0.05) is 6.07 Å². The van der Waals surface area contributed by atoms with Gasteiger partial charge in [0.05, 0.1) is 13.7 Å². The number of rotatable bonds is 7. The molecule has 0 aliphatic heterocycles. The summed E-state index contributed by atoms with van der Waals surface area (Å²) in [4.78, 5) is 0. The Morgan fingerprint density at radius 2 is 1.52 bits per heavy atom. The van der Waals surface area contributed by atoms with Crippen molar-refractivity contribution < 1.29 is 23.7 Å². The van der Waals surface area contributed by atoms with E-state index in [2.05, 4.69) is 0 Å². The second kappa shape index (κ2) is 7.50. The molecule has 2 aromatic carbocycles. The summed E-state index contributed by atoms with van der Waals surface area (Å²) >= 11 is 0. The second-order valence-corrected chi connectivity index (χ2v) is 4.33. The van der Waals surface area contributed by atoms with E-state index >= 15 is 0 Å². The van der Waals surface area contributed by atoms with Crippen LogP contribution < -0.4 is 14.2 Å². The molecule has 0 atom stereocenters. The van der Waals surface area contributed by atoms with E-state index in [1.807, 2.05) is 0 Å². The fourth-order valence-electron chi connectivity index (χ4n) is 1.79. The fourth-order valence-corrected chi connectivity index (χ4v) is 1.79. The molecule has 0 bridgehead atoms. The van der Waals surface area contributed by atoms with Crippen LogP contribution in [0.1, 0.15) is 5.56 Å². The average Bonchev–Trinajstić information content (AvgIpc) is 2.51. The molecule has 0 heterocycles. The van der Waals surface area contributed by atoms with Crippen LogP contribution in [-0.4, -0.2) is 25.4 Å². The zero-order valence-corrected chi connectivity index (χ0v) is 11.7. The Morgan fingerprint density at radius 1 is 0.905 bits per heavy atom. The Balaban J connectivity index is 1.80. The van der Waals surface area contributed by atoms with Crippen LogP contribution in [0.2, 0.25) is 0 Å². The van der Waals surface area contributed by atoms with Crippen molar-refractivity contribution in [3.63, 3.8) is 0 Å². The van der Waals surface area contributed by atoms with E-state index in [0.717, 1.165) is 5.75 Å². The first-order valence-corrected chi connectivity index (χ1v) is 6.51. The molecular weight excluding hydrogens is 275 g/mol. The van der Waals surface area contributed by atoms with Crippen molar-refractivity contribution in [2.75, 3.05) is 20.3 Å². The molecule has 2 rings (SSSR count). The largest absolute Gasteiger partial charge is 0.497 e. The summed E-state index contributed by atoms with van der Waals surface area (Å²) in [6, 6.07) is 11.3. The monoisotopic (exact) mass is 292 g/mol. The quantitative estimate of drug-likeness (QED) is 0.797. The first-order chi connectivity index (χ1) is 10.2. The Bertz CT molecular complexity index is 569. The third kappa shape index (κ3) is 4.65. The average molecular weight is 292 g/mol. The Morgan fingerprint density at radius 3 is 2.14 bits per heavy atom. The lowest BCUT2D eigenvalue weighted by Crippen LogP contribution is -2.09. The van der Waals surface area contributed by atoms with Gasteiger partial charge in [-0.1, -0.05) is 0 Å². The molecular formula is C16H17FO4. The van der Waals surface area contributed by atoms with E-state index in [1.54, 1.807) is 37.4 Å². The number of aliphatic hydroxyl groups excluding tert-OH is 1. The molecule has 0 aliphatic rings. The van der Waals surface area contributed by atoms with Gasteiger partial charge in [0.2, 0.25) is 0 Å². The first-order valence-electron chi connectivity index (χ1n) is 6.51. The van der Waals surface area contributed by atoms with Gasteiger partial charge in [-0.3, -0.25) is 0 Å². The normalized spacial score (nSPS) is 10.2. The van der Waals surface area contributed by atoms with Crippen LogP contribution in [0.4, 0.5) is 4.39 Å². The molecule has 0 spiro atoms. The van der Waals surface area contributed by atoms with Crippen LogP contribution in [-0.2, 0) is 6.61 Å². The van der Waals surface area contributed by atoms with E-state index in [9.17, 15) is 4.39 Å². The number of hydrogen-bond donors (Lipinski definition) is 1. The highest BCUT2D eigenvalue weighted by Crippen LogP contribution is 2.18. The van der Waals surface area contributed by atoms with Crippen LogP contribution >= 0.6 is 0 Å². The van der Waals surface area contributed by atoms with Gasteiger partial charge < -0.3 is 19.3 Å². The number of halogens is 1. The molecule has 0 amide bonds. The molecule has 4 nitrogen and oxygen atoms in total. The topological polar surface area (TPSA) is 47.9 Å². The Kier molecular flexibility index (Phi) is 5.40. The summed E-state index contributed by atoms with van der Waals surface area (Å²) in [5, 5.41) is 8.99. The van der Waals surface area contributed by atoms with E-state index in [4.69, 9.17) is 19.3 Å². The Labute approximate surface area is 122 Å². The van der Waals surface area contributed by atoms with Crippen molar-refractivity contribution in [3.8, 4) is 17.2 Å². The summed E-state index contributed by atoms with van der Waals surface area (Å²) in [5.41, 5.74) is 0.473. The second-order valence-electron chi connectivity index (χ2n) is 4.33. The lowest BCUT2D eigenvalue weighted by molar-refractivity contribution is 0.215. The van der Waals surface area contributed by atoms with Gasteiger partial charge in [-0.15, -0.1) is 0 Å². The first kappa shape index (κ1) is 15.1. The maximum atomic E-state index is 13.2. The predicted molar refractivity (Wildman–Crippen MR) is 76.3 cm³/mol. The highest BCUT2D eigenvalue weighted by molar-refractivity contribution is 5.31. The zero-order chi connectivity index (χ0) is 15.1. The van der Waals surface area contributed by atoms with Gasteiger partial charge >= 0.3 is 0 Å². The Hall–Kier alpha value is -2.27. The van der Waals surface area contributed by atoms with Gasteiger partial charge in [-0.25, -0.2) is 4.39 Å². The van der Waals surface area contributed by atoms with E-state index in [-0.39, 0.29) is 13.2 Å². The molecule has 2 aromatic rings. The summed E-state index contributed by atoms with van der Waals surface area (Å²) in [6.07, 6.45) is 0. The summed E-state index contributed by atoms with van der Waals surface area (Å²) in [6.45, 7) is 0.383. The molecule has 0 aromatic heterocycles. The minimum absolute atomic E-state index is 0.226. The van der Waals surface area contributed by atoms with Crippen molar-refractivity contribution >= 4 is 0 Å². The van der Waals surface area contributed by atoms with Crippen molar-refractivity contribution in [2.24, 2.45) is 0 Å². The third-order valence-corrected chi connectivity index (χ3v) is 2.79. The van der Waals surface area contributed by atoms with Crippen molar-refractivity contribution in [2.45, 2.75) is 6.61 Å². The number of hydrogen-bond acceptors (Lipinski definition) is 4. The van der Waals surface area contributed by atoms with Gasteiger partial charge in [0.15, 0.2) is 0 Å². The summed E-state index contributed by atoms with van der Waals surface area (Å²) in [7, 11) is 1.60. The van der Waals surface area contributed by atoms with Gasteiger partial charge in [0.25, 0.3) is 0 Å². The van der Waals surface area contributed by atoms with Crippen molar-refractivity contribution in [1.82, 2.24) is 0 Å². The molecule has 1 N–H and O–H groups in total. The summed E-state index contributed by atoms with van der Waals surface area (Å²) < 4.78 is 29.2. The third-order valence-electron chi connectivity index (χ3n) is 2.79. The standard InChI is InChI=1S/C16H17FO4/c1-19-14-2-4-15(5-3-14)20-6-7-21-16-9-12(11-18)8-13(17)10-16/h2-5,8-10,18H,6-7,11H2,1H3. The van der Waals surface area contributed by atoms with Gasteiger partial charge in [0.1, 0.15) is 36.3 Å². The molecule has 112 valence electrons. The summed E-state index contributed by atoms with van der Waals surface area (Å²) in [5.74, 6) is 1.40. The van der Waals surface area contributed by atoms with Gasteiger partial charge in [-0.2, -0.15) is 0 Å². The van der Waals surface area contributed by atoms with Gasteiger partial charge in [-0.05, 0) is 42.0 Å². The lowest BCUT2D eigenvalue weighted by Gasteiger charge is -2.10. The van der Waals surface area contributed by atoms with E-state index < -0.39 is 5.82 Å². The van der Waals surface area contributed by atoms with E-state index in [0.29, 0.717) is 23.7 Å². The molecule has 0 fully saturated rings. The van der Waals surface area contributed by atoms with Crippen LogP contribution in [0.5, 0.6) is 17.2 Å². The number of benzene rings is 2. The highest BCUT2D eigenvalue weighted by Gasteiger charge is 2.02. The molecule has 0 unspecified atom stereocenters. The SMILES string of the molecule is COc1ccc(OCCOc2cc(F)cc(CO)c2)cc1. The fraction of sp³-hybridized carbons (Fsp3) is 0.250. The lowest BCUT2D eigenvalue weighted by atomic mass is 10.2. The number of ether oxygens (including phenoxy) is 3. The number of aliphatic hydroxyl groups is 1.